The van der Waals surface area contributed by atoms with Crippen LogP contribution in [0.4, 0.5) is 5.69 Å². The molecule has 0 aliphatic carbocycles. The molecule has 0 bridgehead atoms. The number of methoxy groups -OCH3 is 1. The van der Waals surface area contributed by atoms with E-state index in [9.17, 15) is 9.59 Å². The van der Waals surface area contributed by atoms with Crippen LogP contribution in [0.1, 0.15) is 12.8 Å². The molecule has 1 heterocycles. The van der Waals surface area contributed by atoms with E-state index in [-0.39, 0.29) is 43.3 Å². The molecule has 0 radical (unpaired) electrons. The van der Waals surface area contributed by atoms with Crippen LogP contribution in [0.5, 0.6) is 0 Å². The van der Waals surface area contributed by atoms with E-state index in [2.05, 4.69) is 0 Å². The van der Waals surface area contributed by atoms with Gasteiger partial charge in [-0.05, 0) is 18.6 Å². The van der Waals surface area contributed by atoms with Gasteiger partial charge in [0.25, 0.3) is 0 Å². The number of carbonyl (C=O) groups is 2. The highest BCUT2D eigenvalue weighted by molar-refractivity contribution is 6.01. The van der Waals surface area contributed by atoms with E-state index >= 15 is 0 Å². The number of para-hydroxylation sites is 1. The van der Waals surface area contributed by atoms with E-state index in [1.807, 2.05) is 30.3 Å². The average Bonchev–Trinajstić information content (AvgIpc) is 2.94. The Kier molecular flexibility index (Phi) is 7.48. The van der Waals surface area contributed by atoms with Gasteiger partial charge in [-0.15, -0.1) is 12.4 Å². The van der Waals surface area contributed by atoms with Crippen LogP contribution in [-0.2, 0) is 14.3 Å². The van der Waals surface area contributed by atoms with Crippen LogP contribution in [-0.4, -0.2) is 56.1 Å². The van der Waals surface area contributed by atoms with Gasteiger partial charge < -0.3 is 20.3 Å². The standard InChI is InChI=1S/C16H23N3O3.ClH/c1-18(15(20)10-13(11-17)22-2)14-8-9-19(16(14)21)12-6-4-3-5-7-12;/h3-7,13-14H,8-11,17H2,1-2H3;1H. The van der Waals surface area contributed by atoms with Gasteiger partial charge in [-0.25, -0.2) is 0 Å². The Bertz CT molecular complexity index is 523. The quantitative estimate of drug-likeness (QED) is 0.838. The van der Waals surface area contributed by atoms with Gasteiger partial charge in [0.2, 0.25) is 11.8 Å². The van der Waals surface area contributed by atoms with Crippen molar-refractivity contribution in [2.24, 2.45) is 5.73 Å². The van der Waals surface area contributed by atoms with E-state index in [4.69, 9.17) is 10.5 Å². The number of benzene rings is 1. The molecule has 128 valence electrons. The number of amides is 2. The lowest BCUT2D eigenvalue weighted by molar-refractivity contribution is -0.138. The minimum absolute atomic E-state index is 0. The molecule has 2 amide bonds. The Balaban J connectivity index is 0.00000264. The van der Waals surface area contributed by atoms with Crippen molar-refractivity contribution >= 4 is 29.9 Å². The lowest BCUT2D eigenvalue weighted by atomic mass is 10.1. The second-order valence-electron chi connectivity index (χ2n) is 5.43. The van der Waals surface area contributed by atoms with Crippen molar-refractivity contribution in [3.63, 3.8) is 0 Å². The first-order chi connectivity index (χ1) is 10.6. The predicted octanol–water partition coefficient (Wildman–Crippen LogP) is 1.04. The molecule has 1 aliphatic heterocycles. The van der Waals surface area contributed by atoms with Gasteiger partial charge >= 0.3 is 0 Å². The summed E-state index contributed by atoms with van der Waals surface area (Å²) in [6.45, 7) is 0.903. The number of carbonyl (C=O) groups excluding carboxylic acids is 2. The van der Waals surface area contributed by atoms with Crippen molar-refractivity contribution in [1.29, 1.82) is 0 Å². The minimum Gasteiger partial charge on any atom is -0.380 e. The van der Waals surface area contributed by atoms with Crippen LogP contribution < -0.4 is 10.6 Å². The highest BCUT2D eigenvalue weighted by Crippen LogP contribution is 2.24. The second-order valence-corrected chi connectivity index (χ2v) is 5.43. The Labute approximate surface area is 143 Å². The third kappa shape index (κ3) is 4.43. The van der Waals surface area contributed by atoms with Gasteiger partial charge in [0.15, 0.2) is 0 Å². The lowest BCUT2D eigenvalue weighted by Gasteiger charge is -2.25. The van der Waals surface area contributed by atoms with Crippen LogP contribution in [0, 0.1) is 0 Å². The summed E-state index contributed by atoms with van der Waals surface area (Å²) in [4.78, 5) is 28.1. The highest BCUT2D eigenvalue weighted by Gasteiger charge is 2.37. The lowest BCUT2D eigenvalue weighted by Crippen LogP contribution is -2.44. The summed E-state index contributed by atoms with van der Waals surface area (Å²) in [7, 11) is 3.20. The summed E-state index contributed by atoms with van der Waals surface area (Å²) >= 11 is 0. The van der Waals surface area contributed by atoms with Crippen molar-refractivity contribution in [2.45, 2.75) is 25.0 Å². The molecule has 1 saturated heterocycles. The molecule has 1 aromatic carbocycles. The van der Waals surface area contributed by atoms with Gasteiger partial charge in [0.1, 0.15) is 6.04 Å². The van der Waals surface area contributed by atoms with Gasteiger partial charge in [-0.3, -0.25) is 9.59 Å². The zero-order valence-electron chi connectivity index (χ0n) is 13.5. The number of hydrogen-bond acceptors (Lipinski definition) is 4. The number of ether oxygens (including phenoxy) is 1. The molecule has 7 heteroatoms. The molecule has 0 spiro atoms. The maximum absolute atomic E-state index is 12.6. The number of halogens is 1. The summed E-state index contributed by atoms with van der Waals surface area (Å²) < 4.78 is 5.13. The molecule has 2 unspecified atom stereocenters. The van der Waals surface area contributed by atoms with Gasteiger partial charge in [-0.1, -0.05) is 18.2 Å². The average molecular weight is 342 g/mol. The van der Waals surface area contributed by atoms with Crippen LogP contribution in [0.2, 0.25) is 0 Å². The Hall–Kier alpha value is -1.63. The van der Waals surface area contributed by atoms with Gasteiger partial charge in [0, 0.05) is 32.9 Å². The Morgan fingerprint density at radius 2 is 2.09 bits per heavy atom. The molecule has 1 aromatic rings. The molecule has 6 nitrogen and oxygen atoms in total. The fourth-order valence-electron chi connectivity index (χ4n) is 2.66. The van der Waals surface area contributed by atoms with E-state index in [0.29, 0.717) is 13.0 Å². The maximum Gasteiger partial charge on any atom is 0.249 e. The zero-order valence-corrected chi connectivity index (χ0v) is 14.3. The number of nitrogens with zero attached hydrogens (tertiary/aromatic N) is 2. The van der Waals surface area contributed by atoms with Crippen LogP contribution in [0.15, 0.2) is 30.3 Å². The summed E-state index contributed by atoms with van der Waals surface area (Å²) in [6.07, 6.45) is 0.520. The van der Waals surface area contributed by atoms with Crippen molar-refractivity contribution in [3.05, 3.63) is 30.3 Å². The summed E-state index contributed by atoms with van der Waals surface area (Å²) in [5.74, 6) is -0.158. The SMILES string of the molecule is COC(CN)CC(=O)N(C)C1CCN(c2ccccc2)C1=O.Cl. The third-order valence-corrected chi connectivity index (χ3v) is 4.10. The molecule has 1 fully saturated rings. The van der Waals surface area contributed by atoms with Crippen molar-refractivity contribution in [1.82, 2.24) is 4.90 Å². The summed E-state index contributed by atoms with van der Waals surface area (Å²) in [6, 6.07) is 9.09. The molecule has 2 rings (SSSR count). The third-order valence-electron chi connectivity index (χ3n) is 4.10. The molecule has 23 heavy (non-hydrogen) atoms. The predicted molar refractivity (Wildman–Crippen MR) is 91.7 cm³/mol. The molecule has 0 saturated carbocycles. The molecule has 1 aliphatic rings. The number of rotatable bonds is 6. The van der Waals surface area contributed by atoms with E-state index < -0.39 is 6.04 Å². The first-order valence-corrected chi connectivity index (χ1v) is 7.43. The van der Waals surface area contributed by atoms with Crippen LogP contribution >= 0.6 is 12.4 Å². The van der Waals surface area contributed by atoms with E-state index in [1.54, 1.807) is 11.9 Å². The van der Waals surface area contributed by atoms with Crippen molar-refractivity contribution < 1.29 is 14.3 Å². The smallest absolute Gasteiger partial charge is 0.249 e. The van der Waals surface area contributed by atoms with Crippen molar-refractivity contribution in [2.75, 3.05) is 32.1 Å². The summed E-state index contributed by atoms with van der Waals surface area (Å²) in [5.41, 5.74) is 6.41. The van der Waals surface area contributed by atoms with E-state index in [0.717, 1.165) is 5.69 Å². The largest absolute Gasteiger partial charge is 0.380 e. The maximum atomic E-state index is 12.6. The normalized spacial score (nSPS) is 18.5. The molecular formula is C16H24ClN3O3. The minimum atomic E-state index is -0.414. The number of nitrogens with two attached hydrogens (primary N) is 1. The number of anilines is 1. The Morgan fingerprint density at radius 1 is 1.43 bits per heavy atom. The molecule has 2 N–H and O–H groups in total. The van der Waals surface area contributed by atoms with Gasteiger partial charge in [0.05, 0.1) is 12.5 Å². The molecular weight excluding hydrogens is 318 g/mol. The number of hydrogen-bond donors (Lipinski definition) is 1. The first kappa shape index (κ1) is 19.4. The fourth-order valence-corrected chi connectivity index (χ4v) is 2.66. The molecule has 0 aromatic heterocycles. The van der Waals surface area contributed by atoms with Crippen LogP contribution in [0.3, 0.4) is 0 Å². The zero-order chi connectivity index (χ0) is 16.1. The van der Waals surface area contributed by atoms with E-state index in [1.165, 1.54) is 12.0 Å². The Morgan fingerprint density at radius 3 is 2.65 bits per heavy atom. The molecule has 2 atom stereocenters. The summed E-state index contributed by atoms with van der Waals surface area (Å²) in [5, 5.41) is 0. The van der Waals surface area contributed by atoms with Gasteiger partial charge in [-0.2, -0.15) is 0 Å². The number of likely N-dealkylation sites (N-methyl/N-ethyl adjacent to an activating group) is 1. The topological polar surface area (TPSA) is 75.9 Å². The second kappa shape index (κ2) is 8.86. The monoisotopic (exact) mass is 341 g/mol. The fraction of sp³-hybridized carbons (Fsp3) is 0.500. The highest BCUT2D eigenvalue weighted by atomic mass is 35.5. The van der Waals surface area contributed by atoms with Crippen molar-refractivity contribution in [3.8, 4) is 0 Å². The van der Waals surface area contributed by atoms with Crippen LogP contribution in [0.25, 0.3) is 0 Å². The first-order valence-electron chi connectivity index (χ1n) is 7.43.